The van der Waals surface area contributed by atoms with Crippen LogP contribution in [0.1, 0.15) is 0 Å². The van der Waals surface area contributed by atoms with Crippen molar-refractivity contribution in [3.8, 4) is 101 Å². The molecule has 7 nitrogen and oxygen atoms in total. The van der Waals surface area contributed by atoms with Gasteiger partial charge in [0.05, 0.1) is 28.5 Å². The molecule has 12 aromatic rings. The second-order valence-corrected chi connectivity index (χ2v) is 21.5. The monoisotopic (exact) mass is 1280 g/mol. The Morgan fingerprint density at radius 2 is 0.468 bits per heavy atom. The summed E-state index contributed by atoms with van der Waals surface area (Å²) in [5.41, 5.74) is 18.5. The molecule has 0 amide bonds. The number of aromatic nitrogens is 5. The maximum absolute atomic E-state index is 8.90. The predicted octanol–water partition coefficient (Wildman–Crippen LogP) is 17.8. The van der Waals surface area contributed by atoms with Crippen LogP contribution in [0.5, 0.6) is 0 Å². The van der Waals surface area contributed by atoms with Gasteiger partial charge in [-0.3, -0.25) is 24.9 Å². The van der Waals surface area contributed by atoms with Crippen LogP contribution in [-0.4, -0.2) is 42.1 Å². The molecule has 0 spiro atoms. The van der Waals surface area contributed by atoms with Gasteiger partial charge in [0, 0.05) is 104 Å². The quantitative estimate of drug-likeness (QED) is 0.104. The standard InChI is InChI=1S/C50H34N4.C11H10BNO2.C6H2Br4/c1-5-13-35(14-6-1)47-25-21-39(31-51-47)43-29-45(41-23-27-49(53-33-41)37-17-9-3-10-18-37)46(42-24-28-50(54-34-42)38-19-11-4-12-20-38)30-44(43)40-22-26-48(52-32-40)36-15-7-2-8-16-36;14-12(15)10-6-7-11(13-8-10)9-4-2-1-3-5-9;7-3-1-4(8)6(10)2-5(3)9/h1-34H;1-8,14-15H;1-2H. The van der Waals surface area contributed by atoms with Crippen LogP contribution in [0.2, 0.25) is 0 Å². The predicted molar refractivity (Wildman–Crippen MR) is 338 cm³/mol. The first-order valence-corrected chi connectivity index (χ1v) is 28.3. The molecule has 0 atom stereocenters. The first-order valence-electron chi connectivity index (χ1n) is 25.1. The van der Waals surface area contributed by atoms with E-state index >= 15 is 0 Å². The zero-order chi connectivity index (χ0) is 54.5. The molecule has 12 rings (SSSR count). The lowest BCUT2D eigenvalue weighted by Gasteiger charge is -2.18. The van der Waals surface area contributed by atoms with Crippen molar-refractivity contribution in [1.29, 1.82) is 0 Å². The Balaban J connectivity index is 0.000000230. The Morgan fingerprint density at radius 3 is 0.658 bits per heavy atom. The molecule has 0 unspecified atom stereocenters. The van der Waals surface area contributed by atoms with E-state index in [1.54, 1.807) is 12.1 Å². The molecule has 0 aliphatic rings. The van der Waals surface area contributed by atoms with Gasteiger partial charge in [0.1, 0.15) is 0 Å². The average molecular weight is 1280 g/mol. The molecular weight excluding hydrogens is 1240 g/mol. The zero-order valence-electron chi connectivity index (χ0n) is 42.1. The second-order valence-electron chi connectivity index (χ2n) is 18.0. The fraction of sp³-hybridized carbons (Fsp3) is 0. The van der Waals surface area contributed by atoms with E-state index in [0.29, 0.717) is 5.46 Å². The normalized spacial score (nSPS) is 10.7. The van der Waals surface area contributed by atoms with Gasteiger partial charge >= 0.3 is 7.12 Å². The van der Waals surface area contributed by atoms with Crippen LogP contribution < -0.4 is 5.46 Å². The molecule has 0 radical (unpaired) electrons. The summed E-state index contributed by atoms with van der Waals surface area (Å²) in [6.07, 6.45) is 9.37. The molecule has 0 saturated heterocycles. The molecule has 2 N–H and O–H groups in total. The molecule has 5 heterocycles. The summed E-state index contributed by atoms with van der Waals surface area (Å²) in [7, 11) is -1.46. The van der Waals surface area contributed by atoms with Crippen molar-refractivity contribution in [2.24, 2.45) is 0 Å². The van der Waals surface area contributed by atoms with Crippen LogP contribution in [0.15, 0.2) is 285 Å². The highest BCUT2D eigenvalue weighted by Crippen LogP contribution is 2.43. The highest BCUT2D eigenvalue weighted by atomic mass is 79.9. The van der Waals surface area contributed by atoms with Gasteiger partial charge in [0.2, 0.25) is 0 Å². The minimum atomic E-state index is -1.46. The van der Waals surface area contributed by atoms with Gasteiger partial charge in [0.15, 0.2) is 0 Å². The van der Waals surface area contributed by atoms with E-state index in [0.717, 1.165) is 119 Å². The summed E-state index contributed by atoms with van der Waals surface area (Å²) in [5.74, 6) is 0. The van der Waals surface area contributed by atoms with Crippen LogP contribution in [0, 0.1) is 0 Å². The summed E-state index contributed by atoms with van der Waals surface area (Å²) in [6.45, 7) is 0. The van der Waals surface area contributed by atoms with E-state index in [2.05, 4.69) is 178 Å². The van der Waals surface area contributed by atoms with E-state index in [4.69, 9.17) is 30.0 Å². The summed E-state index contributed by atoms with van der Waals surface area (Å²) < 4.78 is 4.18. The lowest BCUT2D eigenvalue weighted by atomic mass is 9.81. The van der Waals surface area contributed by atoms with Crippen molar-refractivity contribution >= 4 is 76.3 Å². The van der Waals surface area contributed by atoms with Crippen LogP contribution in [0.3, 0.4) is 0 Å². The molecule has 5 aromatic heterocycles. The average Bonchev–Trinajstić information content (AvgIpc) is 3.61. The third kappa shape index (κ3) is 13.7. The van der Waals surface area contributed by atoms with Gasteiger partial charge in [-0.15, -0.1) is 0 Å². The number of hydrogen-bond donors (Lipinski definition) is 2. The highest BCUT2D eigenvalue weighted by Gasteiger charge is 2.19. The van der Waals surface area contributed by atoms with Gasteiger partial charge in [-0.1, -0.05) is 182 Å². The second kappa shape index (κ2) is 26.2. The van der Waals surface area contributed by atoms with Gasteiger partial charge in [0.25, 0.3) is 0 Å². The molecule has 7 aromatic carbocycles. The van der Waals surface area contributed by atoms with E-state index < -0.39 is 7.12 Å². The molecule has 79 heavy (non-hydrogen) atoms. The van der Waals surface area contributed by atoms with Crippen LogP contribution in [0.25, 0.3) is 101 Å². The first kappa shape index (κ1) is 54.5. The third-order valence-corrected chi connectivity index (χ3v) is 16.5. The summed E-state index contributed by atoms with van der Waals surface area (Å²) in [4.78, 5) is 23.9. The summed E-state index contributed by atoms with van der Waals surface area (Å²) in [5, 5.41) is 17.8. The number of nitrogens with zero attached hydrogens (tertiary/aromatic N) is 5. The Kier molecular flexibility index (Phi) is 18.1. The Hall–Kier alpha value is -7.81. The molecule has 0 aliphatic heterocycles. The Morgan fingerprint density at radius 1 is 0.241 bits per heavy atom. The van der Waals surface area contributed by atoms with Gasteiger partial charge in [-0.2, -0.15) is 0 Å². The van der Waals surface area contributed by atoms with Crippen molar-refractivity contribution in [2.75, 3.05) is 0 Å². The highest BCUT2D eigenvalue weighted by molar-refractivity contribution is 9.14. The molecule has 12 heteroatoms. The number of benzene rings is 7. The maximum Gasteiger partial charge on any atom is 0.490 e. The van der Waals surface area contributed by atoms with E-state index in [1.165, 1.54) is 6.20 Å². The minimum Gasteiger partial charge on any atom is -0.423 e. The number of pyridine rings is 5. The molecule has 0 aliphatic carbocycles. The topological polar surface area (TPSA) is 105 Å². The number of hydrogen-bond acceptors (Lipinski definition) is 7. The van der Waals surface area contributed by atoms with Crippen molar-refractivity contribution in [3.05, 3.63) is 285 Å². The molecule has 382 valence electrons. The van der Waals surface area contributed by atoms with Gasteiger partial charge in [-0.05, 0) is 141 Å². The fourth-order valence-corrected chi connectivity index (χ4v) is 10.7. The number of rotatable bonds is 10. The van der Waals surface area contributed by atoms with E-state index in [-0.39, 0.29) is 0 Å². The molecule has 0 fully saturated rings. The maximum atomic E-state index is 8.90. The van der Waals surface area contributed by atoms with E-state index in [9.17, 15) is 0 Å². The SMILES string of the molecule is Brc1cc(Br)c(Br)cc1Br.OB(O)c1ccc(-c2ccccc2)nc1.c1ccc(-c2ccc(-c3cc(-c4ccc(-c5ccccc5)nc4)c(-c4ccc(-c5ccccc5)nc4)cc3-c3ccc(-c4ccccc4)nc3)cn2)cc1. The van der Waals surface area contributed by atoms with Crippen LogP contribution in [-0.2, 0) is 0 Å². The van der Waals surface area contributed by atoms with Crippen molar-refractivity contribution in [2.45, 2.75) is 0 Å². The van der Waals surface area contributed by atoms with Crippen molar-refractivity contribution < 1.29 is 10.0 Å². The lowest BCUT2D eigenvalue weighted by Crippen LogP contribution is -2.29. The zero-order valence-corrected chi connectivity index (χ0v) is 48.5. The third-order valence-electron chi connectivity index (χ3n) is 12.9. The molecular formula is C67H46BBr4N5O2. The van der Waals surface area contributed by atoms with Crippen molar-refractivity contribution in [1.82, 2.24) is 24.9 Å². The van der Waals surface area contributed by atoms with Gasteiger partial charge < -0.3 is 10.0 Å². The fourth-order valence-electron chi connectivity index (χ4n) is 8.72. The van der Waals surface area contributed by atoms with Crippen LogP contribution in [0.4, 0.5) is 0 Å². The Bertz CT molecular complexity index is 3480. The van der Waals surface area contributed by atoms with Crippen LogP contribution >= 0.6 is 63.7 Å². The first-order chi connectivity index (χ1) is 38.6. The minimum absolute atomic E-state index is 0.398. The molecule has 0 saturated carbocycles. The Labute approximate surface area is 493 Å². The number of halogens is 4. The largest absolute Gasteiger partial charge is 0.490 e. The summed E-state index contributed by atoms with van der Waals surface area (Å²) >= 11 is 13.5. The van der Waals surface area contributed by atoms with Crippen molar-refractivity contribution in [3.63, 3.8) is 0 Å². The van der Waals surface area contributed by atoms with E-state index in [1.807, 2.05) is 140 Å². The summed E-state index contributed by atoms with van der Waals surface area (Å²) in [6, 6.07) is 79.8. The lowest BCUT2D eigenvalue weighted by molar-refractivity contribution is 0.425. The smallest absolute Gasteiger partial charge is 0.423 e. The van der Waals surface area contributed by atoms with Gasteiger partial charge in [-0.25, -0.2) is 0 Å². The molecule has 0 bridgehead atoms.